The van der Waals surface area contributed by atoms with Crippen LogP contribution in [0.1, 0.15) is 54.9 Å². The standard InChI is InChI=1S/C20H24N2O4/c1-3-14-8-10-20(11-9-14,19(25)26)21-17(23)12-22-13(2)15-6-4-5-7-16(15)18(22)24/h4-7,14H,2-3,8-12H2,1H3,(H,21,23)(H,25,26). The van der Waals surface area contributed by atoms with E-state index in [0.29, 0.717) is 35.6 Å². The van der Waals surface area contributed by atoms with E-state index in [9.17, 15) is 19.5 Å². The number of fused-ring (bicyclic) bond motifs is 1. The van der Waals surface area contributed by atoms with Crippen LogP contribution >= 0.6 is 0 Å². The Morgan fingerprint density at radius 2 is 1.88 bits per heavy atom. The Morgan fingerprint density at radius 3 is 2.42 bits per heavy atom. The molecule has 6 heteroatoms. The van der Waals surface area contributed by atoms with Gasteiger partial charge in [-0.1, -0.05) is 38.1 Å². The van der Waals surface area contributed by atoms with E-state index in [1.165, 1.54) is 4.90 Å². The summed E-state index contributed by atoms with van der Waals surface area (Å²) < 4.78 is 0. The predicted molar refractivity (Wildman–Crippen MR) is 97.3 cm³/mol. The molecule has 0 bridgehead atoms. The maximum atomic E-state index is 12.6. The maximum absolute atomic E-state index is 12.6. The van der Waals surface area contributed by atoms with Crippen molar-refractivity contribution in [2.75, 3.05) is 6.54 Å². The lowest BCUT2D eigenvalue weighted by atomic mass is 9.75. The van der Waals surface area contributed by atoms with E-state index in [1.807, 2.05) is 6.07 Å². The van der Waals surface area contributed by atoms with Crippen molar-refractivity contribution in [1.29, 1.82) is 0 Å². The van der Waals surface area contributed by atoms with Gasteiger partial charge in [-0.05, 0) is 37.7 Å². The molecule has 138 valence electrons. The summed E-state index contributed by atoms with van der Waals surface area (Å²) in [5.74, 6) is -1.24. The normalized spacial score (nSPS) is 25.1. The third-order valence-electron chi connectivity index (χ3n) is 5.67. The molecule has 0 saturated heterocycles. The lowest BCUT2D eigenvalue weighted by Crippen LogP contribution is -2.58. The maximum Gasteiger partial charge on any atom is 0.329 e. The summed E-state index contributed by atoms with van der Waals surface area (Å²) >= 11 is 0. The van der Waals surface area contributed by atoms with Crippen molar-refractivity contribution in [3.63, 3.8) is 0 Å². The highest BCUT2D eigenvalue weighted by molar-refractivity contribution is 6.10. The van der Waals surface area contributed by atoms with Crippen molar-refractivity contribution < 1.29 is 19.5 Å². The van der Waals surface area contributed by atoms with Crippen LogP contribution in [0.5, 0.6) is 0 Å². The van der Waals surface area contributed by atoms with Crippen molar-refractivity contribution in [2.45, 2.75) is 44.6 Å². The molecule has 0 aromatic heterocycles. The van der Waals surface area contributed by atoms with Crippen molar-refractivity contribution in [3.8, 4) is 0 Å². The van der Waals surface area contributed by atoms with Crippen LogP contribution in [0.15, 0.2) is 30.8 Å². The summed E-state index contributed by atoms with van der Waals surface area (Å²) in [5, 5.41) is 12.4. The summed E-state index contributed by atoms with van der Waals surface area (Å²) in [4.78, 5) is 38.2. The van der Waals surface area contributed by atoms with Gasteiger partial charge in [0.1, 0.15) is 12.1 Å². The number of carbonyl (C=O) groups is 3. The van der Waals surface area contributed by atoms with E-state index < -0.39 is 17.4 Å². The van der Waals surface area contributed by atoms with Crippen LogP contribution in [0.3, 0.4) is 0 Å². The fraction of sp³-hybridized carbons (Fsp3) is 0.450. The molecular formula is C20H24N2O4. The number of carboxylic acid groups (broad SMARTS) is 1. The first-order valence-corrected chi connectivity index (χ1v) is 9.02. The van der Waals surface area contributed by atoms with Crippen molar-refractivity contribution >= 4 is 23.5 Å². The van der Waals surface area contributed by atoms with Gasteiger partial charge < -0.3 is 10.4 Å². The molecule has 2 amide bonds. The van der Waals surface area contributed by atoms with Gasteiger partial charge >= 0.3 is 5.97 Å². The van der Waals surface area contributed by atoms with E-state index in [2.05, 4.69) is 18.8 Å². The molecule has 2 N–H and O–H groups in total. The molecule has 0 unspecified atom stereocenters. The fourth-order valence-corrected chi connectivity index (χ4v) is 3.92. The number of aliphatic carboxylic acids is 1. The predicted octanol–water partition coefficient (Wildman–Crippen LogP) is 2.65. The molecule has 2 aliphatic rings. The second-order valence-electron chi connectivity index (χ2n) is 7.17. The topological polar surface area (TPSA) is 86.7 Å². The highest BCUT2D eigenvalue weighted by atomic mass is 16.4. The zero-order valence-electron chi connectivity index (χ0n) is 15.0. The Bertz CT molecular complexity index is 728. The number of carbonyl (C=O) groups excluding carboxylic acids is 2. The number of hydrogen-bond acceptors (Lipinski definition) is 3. The van der Waals surface area contributed by atoms with Gasteiger partial charge in [-0.3, -0.25) is 14.5 Å². The first-order chi connectivity index (χ1) is 12.4. The van der Waals surface area contributed by atoms with Crippen molar-refractivity contribution in [1.82, 2.24) is 10.2 Å². The summed E-state index contributed by atoms with van der Waals surface area (Å²) in [7, 11) is 0. The van der Waals surface area contributed by atoms with E-state index in [1.54, 1.807) is 18.2 Å². The minimum absolute atomic E-state index is 0.224. The third-order valence-corrected chi connectivity index (χ3v) is 5.67. The third kappa shape index (κ3) is 3.11. The van der Waals surface area contributed by atoms with Crippen LogP contribution < -0.4 is 5.32 Å². The van der Waals surface area contributed by atoms with Crippen LogP contribution in [0.2, 0.25) is 0 Å². The molecule has 1 aromatic carbocycles. The molecular weight excluding hydrogens is 332 g/mol. The Labute approximate surface area is 152 Å². The van der Waals surface area contributed by atoms with Gasteiger partial charge in [0.2, 0.25) is 5.91 Å². The number of amides is 2. The number of carboxylic acids is 1. The van der Waals surface area contributed by atoms with Gasteiger partial charge in [-0.25, -0.2) is 4.79 Å². The molecule has 0 atom stereocenters. The van der Waals surface area contributed by atoms with E-state index in [0.717, 1.165) is 19.3 Å². The molecule has 1 heterocycles. The molecule has 26 heavy (non-hydrogen) atoms. The van der Waals surface area contributed by atoms with E-state index in [4.69, 9.17) is 0 Å². The number of rotatable bonds is 5. The van der Waals surface area contributed by atoms with Crippen LogP contribution in [-0.2, 0) is 9.59 Å². The zero-order valence-corrected chi connectivity index (χ0v) is 15.0. The first kappa shape index (κ1) is 18.2. The van der Waals surface area contributed by atoms with E-state index >= 15 is 0 Å². The molecule has 6 nitrogen and oxygen atoms in total. The minimum Gasteiger partial charge on any atom is -0.480 e. The average molecular weight is 356 g/mol. The van der Waals surface area contributed by atoms with E-state index in [-0.39, 0.29) is 12.5 Å². The molecule has 1 saturated carbocycles. The van der Waals surface area contributed by atoms with Crippen LogP contribution in [0.25, 0.3) is 5.70 Å². The van der Waals surface area contributed by atoms with Gasteiger partial charge in [-0.2, -0.15) is 0 Å². The number of nitrogens with one attached hydrogen (secondary N) is 1. The molecule has 1 aromatic rings. The summed E-state index contributed by atoms with van der Waals surface area (Å²) in [6.07, 6.45) is 3.42. The van der Waals surface area contributed by atoms with Crippen LogP contribution in [0.4, 0.5) is 0 Å². The number of benzene rings is 1. The molecule has 0 spiro atoms. The lowest BCUT2D eigenvalue weighted by molar-refractivity contribution is -0.149. The highest BCUT2D eigenvalue weighted by Gasteiger charge is 2.43. The highest BCUT2D eigenvalue weighted by Crippen LogP contribution is 2.35. The zero-order chi connectivity index (χ0) is 18.9. The Morgan fingerprint density at radius 1 is 1.27 bits per heavy atom. The molecule has 1 fully saturated rings. The second kappa shape index (κ2) is 6.94. The first-order valence-electron chi connectivity index (χ1n) is 9.02. The van der Waals surface area contributed by atoms with Gasteiger partial charge in [0.15, 0.2) is 0 Å². The molecule has 1 aliphatic carbocycles. The monoisotopic (exact) mass is 356 g/mol. The molecule has 3 rings (SSSR count). The van der Waals surface area contributed by atoms with Gasteiger partial charge in [0, 0.05) is 16.8 Å². The second-order valence-corrected chi connectivity index (χ2v) is 7.17. The Hall–Kier alpha value is -2.63. The van der Waals surface area contributed by atoms with Crippen molar-refractivity contribution in [3.05, 3.63) is 42.0 Å². The summed E-state index contributed by atoms with van der Waals surface area (Å²) in [6.45, 7) is 5.78. The molecule has 1 aliphatic heterocycles. The minimum atomic E-state index is -1.24. The Kier molecular flexibility index (Phi) is 4.85. The quantitative estimate of drug-likeness (QED) is 0.849. The lowest BCUT2D eigenvalue weighted by Gasteiger charge is -2.37. The SMILES string of the molecule is C=C1c2ccccc2C(=O)N1CC(=O)NC1(C(=O)O)CCC(CC)CC1. The number of nitrogens with zero attached hydrogens (tertiary/aromatic N) is 1. The van der Waals surface area contributed by atoms with Gasteiger partial charge in [0.25, 0.3) is 5.91 Å². The Balaban J connectivity index is 1.70. The van der Waals surface area contributed by atoms with Gasteiger partial charge in [-0.15, -0.1) is 0 Å². The summed E-state index contributed by atoms with van der Waals surface area (Å²) in [6, 6.07) is 7.06. The average Bonchev–Trinajstić information content (AvgIpc) is 2.87. The van der Waals surface area contributed by atoms with Crippen LogP contribution in [-0.4, -0.2) is 39.9 Å². The largest absolute Gasteiger partial charge is 0.480 e. The van der Waals surface area contributed by atoms with Gasteiger partial charge in [0.05, 0.1) is 0 Å². The summed E-state index contributed by atoms with van der Waals surface area (Å²) in [5.41, 5.74) is 0.461. The molecule has 0 radical (unpaired) electrons. The van der Waals surface area contributed by atoms with Crippen LogP contribution in [0, 0.1) is 5.92 Å². The smallest absolute Gasteiger partial charge is 0.329 e. The number of hydrogen-bond donors (Lipinski definition) is 2. The fourth-order valence-electron chi connectivity index (χ4n) is 3.92. The van der Waals surface area contributed by atoms with Crippen molar-refractivity contribution in [2.24, 2.45) is 5.92 Å².